The van der Waals surface area contributed by atoms with E-state index in [1.165, 1.54) is 41.1 Å². The predicted molar refractivity (Wildman–Crippen MR) is 115 cm³/mol. The summed E-state index contributed by atoms with van der Waals surface area (Å²) in [5.74, 6) is 5.52. The first-order valence-corrected chi connectivity index (χ1v) is 11.3. The van der Waals surface area contributed by atoms with Gasteiger partial charge in [0.1, 0.15) is 12.4 Å². The number of nitrogens with zero attached hydrogens (tertiary/aromatic N) is 2. The highest BCUT2D eigenvalue weighted by Crippen LogP contribution is 2.29. The first-order valence-electron chi connectivity index (χ1n) is 9.43. The zero-order valence-corrected chi connectivity index (χ0v) is 17.5. The lowest BCUT2D eigenvalue weighted by Gasteiger charge is -2.12. The monoisotopic (exact) mass is 424 g/mol. The van der Waals surface area contributed by atoms with E-state index in [9.17, 15) is 17.6 Å². The molecule has 3 aromatic rings. The molecule has 0 aliphatic carbocycles. The minimum atomic E-state index is -3.34. The average molecular weight is 424 g/mol. The van der Waals surface area contributed by atoms with E-state index in [-0.39, 0.29) is 17.0 Å². The third kappa shape index (κ3) is 4.84. The molecule has 0 saturated carbocycles. The quantitative estimate of drug-likeness (QED) is 0.582. The van der Waals surface area contributed by atoms with Crippen molar-refractivity contribution >= 4 is 9.84 Å². The van der Waals surface area contributed by atoms with Crippen LogP contribution < -0.4 is 5.56 Å². The fourth-order valence-electron chi connectivity index (χ4n) is 2.94. The third-order valence-corrected chi connectivity index (χ3v) is 5.63. The van der Waals surface area contributed by atoms with Gasteiger partial charge >= 0.3 is 0 Å². The summed E-state index contributed by atoms with van der Waals surface area (Å²) in [5, 5.41) is 4.24. The molecule has 0 aliphatic heterocycles. The summed E-state index contributed by atoms with van der Waals surface area (Å²) >= 11 is 0. The molecule has 3 rings (SSSR count). The number of unbranched alkanes of at least 4 members (excludes halogenated alkanes) is 1. The Morgan fingerprint density at radius 3 is 2.23 bits per heavy atom. The molecule has 0 saturated heterocycles. The molecule has 0 aliphatic rings. The van der Waals surface area contributed by atoms with Crippen LogP contribution in [-0.2, 0) is 16.4 Å². The van der Waals surface area contributed by atoms with Crippen LogP contribution in [-0.4, -0.2) is 24.5 Å². The maximum atomic E-state index is 13.4. The van der Waals surface area contributed by atoms with Crippen molar-refractivity contribution in [2.24, 2.45) is 0 Å². The Morgan fingerprint density at radius 2 is 1.63 bits per heavy atom. The second kappa shape index (κ2) is 9.06. The van der Waals surface area contributed by atoms with Gasteiger partial charge in [-0.3, -0.25) is 4.79 Å². The van der Waals surface area contributed by atoms with Crippen molar-refractivity contribution in [2.75, 3.05) is 6.26 Å². The number of hydrogen-bond donors (Lipinski definition) is 0. The summed E-state index contributed by atoms with van der Waals surface area (Å²) < 4.78 is 38.2. The van der Waals surface area contributed by atoms with E-state index >= 15 is 0 Å². The Morgan fingerprint density at radius 1 is 1.00 bits per heavy atom. The molecule has 0 amide bonds. The van der Waals surface area contributed by atoms with Gasteiger partial charge < -0.3 is 0 Å². The van der Waals surface area contributed by atoms with Crippen molar-refractivity contribution in [1.29, 1.82) is 0 Å². The molecule has 1 heterocycles. The smallest absolute Gasteiger partial charge is 0.267 e. The lowest BCUT2D eigenvalue weighted by molar-refractivity contribution is 0.602. The molecular weight excluding hydrogens is 403 g/mol. The van der Waals surface area contributed by atoms with Crippen molar-refractivity contribution in [2.45, 2.75) is 31.2 Å². The number of sulfone groups is 1. The molecule has 2 aromatic carbocycles. The van der Waals surface area contributed by atoms with Crippen molar-refractivity contribution < 1.29 is 12.8 Å². The maximum absolute atomic E-state index is 13.4. The number of halogens is 1. The molecule has 0 radical (unpaired) electrons. The van der Waals surface area contributed by atoms with Gasteiger partial charge in [0.05, 0.1) is 16.7 Å². The Hall–Kier alpha value is -3.24. The van der Waals surface area contributed by atoms with Gasteiger partial charge in [-0.2, -0.15) is 5.10 Å². The average Bonchev–Trinajstić information content (AvgIpc) is 2.72. The van der Waals surface area contributed by atoms with Gasteiger partial charge in [-0.15, -0.1) is 5.92 Å². The van der Waals surface area contributed by atoms with E-state index in [4.69, 9.17) is 0 Å². The zero-order chi connectivity index (χ0) is 21.7. The molecule has 5 nitrogen and oxygen atoms in total. The minimum absolute atomic E-state index is 0.153. The van der Waals surface area contributed by atoms with Gasteiger partial charge in [-0.05, 0) is 41.8 Å². The van der Waals surface area contributed by atoms with E-state index in [1.807, 2.05) is 6.92 Å². The summed E-state index contributed by atoms with van der Waals surface area (Å²) in [5.41, 5.74) is 1.72. The molecule has 0 bridgehead atoms. The highest BCUT2D eigenvalue weighted by molar-refractivity contribution is 7.90. The van der Waals surface area contributed by atoms with Gasteiger partial charge in [-0.25, -0.2) is 17.5 Å². The zero-order valence-electron chi connectivity index (χ0n) is 16.7. The van der Waals surface area contributed by atoms with E-state index in [0.717, 1.165) is 19.1 Å². The summed E-state index contributed by atoms with van der Waals surface area (Å²) in [6, 6.07) is 11.9. The second-order valence-electron chi connectivity index (χ2n) is 6.80. The van der Waals surface area contributed by atoms with Crippen LogP contribution in [0.25, 0.3) is 22.3 Å². The van der Waals surface area contributed by atoms with Crippen LogP contribution in [0.3, 0.4) is 0 Å². The summed E-state index contributed by atoms with van der Waals surface area (Å²) in [6.45, 7) is 2.18. The molecule has 30 heavy (non-hydrogen) atoms. The standard InChI is InChI=1S/C23H21FN2O3S/c1-3-4-5-6-15-26-23(27)22(18-7-11-19(24)12-8-18)21(16-25-26)17-9-13-20(14-10-17)30(2,28)29/h7-14,16H,3-4,15H2,1-2H3. The first-order chi connectivity index (χ1) is 14.3. The van der Waals surface area contributed by atoms with E-state index in [2.05, 4.69) is 16.9 Å². The van der Waals surface area contributed by atoms with Crippen LogP contribution in [0.1, 0.15) is 19.8 Å². The highest BCUT2D eigenvalue weighted by Gasteiger charge is 2.16. The summed E-state index contributed by atoms with van der Waals surface area (Å²) in [7, 11) is -3.34. The van der Waals surface area contributed by atoms with Gasteiger partial charge in [0.25, 0.3) is 5.56 Å². The van der Waals surface area contributed by atoms with E-state index in [1.54, 1.807) is 18.3 Å². The van der Waals surface area contributed by atoms with E-state index in [0.29, 0.717) is 22.3 Å². The number of aromatic nitrogens is 2. The van der Waals surface area contributed by atoms with Crippen molar-refractivity contribution in [3.8, 4) is 34.1 Å². The molecular formula is C23H21FN2O3S. The predicted octanol–water partition coefficient (Wildman–Crippen LogP) is 3.92. The lowest BCUT2D eigenvalue weighted by atomic mass is 9.97. The third-order valence-electron chi connectivity index (χ3n) is 4.50. The van der Waals surface area contributed by atoms with Crippen LogP contribution in [0.5, 0.6) is 0 Å². The van der Waals surface area contributed by atoms with Crippen LogP contribution in [0, 0.1) is 17.7 Å². The largest absolute Gasteiger partial charge is 0.276 e. The molecule has 0 spiro atoms. The summed E-state index contributed by atoms with van der Waals surface area (Å²) in [6.07, 6.45) is 4.36. The van der Waals surface area contributed by atoms with Crippen LogP contribution >= 0.6 is 0 Å². The molecule has 0 fully saturated rings. The SMILES string of the molecule is CCCC#CCn1ncc(-c2ccc(S(C)(=O)=O)cc2)c(-c2ccc(F)cc2)c1=O. The number of rotatable bonds is 5. The number of benzene rings is 2. The van der Waals surface area contributed by atoms with Gasteiger partial charge in [-0.1, -0.05) is 37.1 Å². The minimum Gasteiger partial charge on any atom is -0.267 e. The van der Waals surface area contributed by atoms with Gasteiger partial charge in [0.15, 0.2) is 9.84 Å². The molecule has 154 valence electrons. The molecule has 0 atom stereocenters. The van der Waals surface area contributed by atoms with Crippen molar-refractivity contribution in [1.82, 2.24) is 9.78 Å². The molecule has 0 N–H and O–H groups in total. The Kier molecular flexibility index (Phi) is 6.48. The highest BCUT2D eigenvalue weighted by atomic mass is 32.2. The molecule has 0 unspecified atom stereocenters. The molecule has 1 aromatic heterocycles. The number of hydrogen-bond acceptors (Lipinski definition) is 4. The summed E-state index contributed by atoms with van der Waals surface area (Å²) in [4.78, 5) is 13.4. The second-order valence-corrected chi connectivity index (χ2v) is 8.82. The first kappa shape index (κ1) is 21.5. The van der Waals surface area contributed by atoms with Crippen LogP contribution in [0.15, 0.2) is 64.4 Å². The van der Waals surface area contributed by atoms with Gasteiger partial charge in [0, 0.05) is 18.2 Å². The molecule has 7 heteroatoms. The lowest BCUT2D eigenvalue weighted by Crippen LogP contribution is -2.24. The topological polar surface area (TPSA) is 69.0 Å². The van der Waals surface area contributed by atoms with Crippen molar-refractivity contribution in [3.63, 3.8) is 0 Å². The van der Waals surface area contributed by atoms with Crippen LogP contribution in [0.2, 0.25) is 0 Å². The maximum Gasteiger partial charge on any atom is 0.276 e. The van der Waals surface area contributed by atoms with Gasteiger partial charge in [0.2, 0.25) is 0 Å². The fraction of sp³-hybridized carbons (Fsp3) is 0.217. The Bertz CT molecular complexity index is 1270. The Labute approximate surface area is 175 Å². The normalized spacial score (nSPS) is 11.0. The Balaban J connectivity index is 2.15. The van der Waals surface area contributed by atoms with Crippen molar-refractivity contribution in [3.05, 3.63) is 70.9 Å². The van der Waals surface area contributed by atoms with E-state index < -0.39 is 15.7 Å². The van der Waals surface area contributed by atoms with Crippen LogP contribution in [0.4, 0.5) is 4.39 Å². The fourth-order valence-corrected chi connectivity index (χ4v) is 3.57.